The first-order chi connectivity index (χ1) is 32.5. The molecule has 0 aromatic carbocycles. The number of hydrogen-bond donors (Lipinski definition) is 3. The Kier molecular flexibility index (Phi) is 52.0. The van der Waals surface area contributed by atoms with Crippen molar-refractivity contribution < 1.29 is 24.5 Å². The Labute approximate surface area is 410 Å². The minimum Gasteiger partial charge on any atom is -0.462 e. The third-order valence-electron chi connectivity index (χ3n) is 13.2. The van der Waals surface area contributed by atoms with Gasteiger partial charge in [-0.05, 0) is 77.0 Å². The smallest absolute Gasteiger partial charge is 0.306 e. The van der Waals surface area contributed by atoms with Gasteiger partial charge in [0, 0.05) is 6.42 Å². The Balaban J connectivity index is 4.59. The topological polar surface area (TPSA) is 95.9 Å². The largest absolute Gasteiger partial charge is 0.462 e. The molecule has 6 heteroatoms. The lowest BCUT2D eigenvalue weighted by Gasteiger charge is -2.24. The van der Waals surface area contributed by atoms with Crippen LogP contribution in [0.2, 0.25) is 0 Å². The summed E-state index contributed by atoms with van der Waals surface area (Å²) in [6, 6.07) is -0.713. The SMILES string of the molecule is CCCCCCC/C=C/C=C/C=C/CCCCCC(CC(=O)NC(CO)C(O)CCCCCCCCCCCCCC)OC(=O)CCCCCCCCCCC/C=C/CCCCCCCC. The predicted molar refractivity (Wildman–Crippen MR) is 287 cm³/mol. The van der Waals surface area contributed by atoms with E-state index in [0.29, 0.717) is 19.3 Å². The van der Waals surface area contributed by atoms with Crippen LogP contribution >= 0.6 is 0 Å². The first-order valence-electron chi connectivity index (χ1n) is 28.9. The number of unbranched alkanes of at least 4 members (excludes halogenated alkanes) is 34. The number of esters is 1. The van der Waals surface area contributed by atoms with E-state index in [0.717, 1.165) is 70.6 Å². The molecule has 0 aliphatic carbocycles. The van der Waals surface area contributed by atoms with E-state index >= 15 is 0 Å². The van der Waals surface area contributed by atoms with E-state index in [2.05, 4.69) is 74.7 Å². The second kappa shape index (κ2) is 53.8. The molecule has 0 aliphatic rings. The van der Waals surface area contributed by atoms with Gasteiger partial charge >= 0.3 is 5.97 Å². The van der Waals surface area contributed by atoms with Crippen LogP contribution in [0.4, 0.5) is 0 Å². The Hall–Kier alpha value is -2.18. The normalized spacial score (nSPS) is 13.5. The van der Waals surface area contributed by atoms with E-state index < -0.39 is 18.2 Å². The molecule has 386 valence electrons. The molecule has 0 aromatic heterocycles. The molecule has 1 amide bonds. The highest BCUT2D eigenvalue weighted by Crippen LogP contribution is 2.18. The average Bonchev–Trinajstić information content (AvgIpc) is 3.31. The molecule has 0 radical (unpaired) electrons. The molecule has 0 saturated carbocycles. The Morgan fingerprint density at radius 3 is 1.21 bits per heavy atom. The first-order valence-corrected chi connectivity index (χ1v) is 28.9. The summed E-state index contributed by atoms with van der Waals surface area (Å²) in [5.41, 5.74) is 0. The molecule has 0 spiro atoms. The van der Waals surface area contributed by atoms with Gasteiger partial charge in [-0.2, -0.15) is 0 Å². The van der Waals surface area contributed by atoms with Gasteiger partial charge < -0.3 is 20.3 Å². The van der Waals surface area contributed by atoms with Gasteiger partial charge in [0.2, 0.25) is 5.91 Å². The van der Waals surface area contributed by atoms with Gasteiger partial charge in [-0.15, -0.1) is 0 Å². The highest BCUT2D eigenvalue weighted by Gasteiger charge is 2.24. The van der Waals surface area contributed by atoms with Gasteiger partial charge in [0.25, 0.3) is 0 Å². The lowest BCUT2D eigenvalue weighted by atomic mass is 10.0. The van der Waals surface area contributed by atoms with Crippen molar-refractivity contribution in [3.8, 4) is 0 Å². The van der Waals surface area contributed by atoms with Crippen molar-refractivity contribution in [3.05, 3.63) is 48.6 Å². The Bertz CT molecular complexity index is 1130. The van der Waals surface area contributed by atoms with Crippen LogP contribution < -0.4 is 5.32 Å². The van der Waals surface area contributed by atoms with Crippen LogP contribution in [-0.2, 0) is 14.3 Å². The zero-order chi connectivity index (χ0) is 48.1. The molecule has 0 aliphatic heterocycles. The maximum Gasteiger partial charge on any atom is 0.306 e. The quantitative estimate of drug-likeness (QED) is 0.0244. The lowest BCUT2D eigenvalue weighted by Crippen LogP contribution is -2.46. The van der Waals surface area contributed by atoms with Crippen LogP contribution in [0, 0.1) is 0 Å². The van der Waals surface area contributed by atoms with Gasteiger partial charge in [-0.3, -0.25) is 9.59 Å². The van der Waals surface area contributed by atoms with Crippen molar-refractivity contribution >= 4 is 11.9 Å². The van der Waals surface area contributed by atoms with Crippen molar-refractivity contribution in [2.75, 3.05) is 6.61 Å². The predicted octanol–water partition coefficient (Wildman–Crippen LogP) is 17.8. The third kappa shape index (κ3) is 48.3. The Morgan fingerprint density at radius 2 is 0.788 bits per heavy atom. The highest BCUT2D eigenvalue weighted by molar-refractivity contribution is 5.77. The molecular formula is C60H111NO5. The van der Waals surface area contributed by atoms with Gasteiger partial charge in [0.1, 0.15) is 6.10 Å². The zero-order valence-corrected chi connectivity index (χ0v) is 44.1. The van der Waals surface area contributed by atoms with Gasteiger partial charge in [0.15, 0.2) is 0 Å². The van der Waals surface area contributed by atoms with Crippen molar-refractivity contribution in [1.82, 2.24) is 5.32 Å². The molecule has 66 heavy (non-hydrogen) atoms. The fourth-order valence-corrected chi connectivity index (χ4v) is 8.78. The lowest BCUT2D eigenvalue weighted by molar-refractivity contribution is -0.151. The van der Waals surface area contributed by atoms with E-state index in [1.54, 1.807) is 0 Å². The maximum absolute atomic E-state index is 13.2. The van der Waals surface area contributed by atoms with Crippen LogP contribution in [0.25, 0.3) is 0 Å². The number of aliphatic hydroxyl groups is 2. The van der Waals surface area contributed by atoms with E-state index in [1.807, 2.05) is 0 Å². The zero-order valence-electron chi connectivity index (χ0n) is 44.1. The summed E-state index contributed by atoms with van der Waals surface area (Å²) in [6.45, 7) is 6.47. The number of carbonyl (C=O) groups is 2. The number of aliphatic hydroxyl groups excluding tert-OH is 2. The molecule has 3 unspecified atom stereocenters. The number of rotatable bonds is 52. The molecule has 0 aromatic rings. The van der Waals surface area contributed by atoms with E-state index in [1.165, 1.54) is 180 Å². The van der Waals surface area contributed by atoms with Crippen LogP contribution in [0.15, 0.2) is 48.6 Å². The van der Waals surface area contributed by atoms with Crippen LogP contribution in [0.5, 0.6) is 0 Å². The summed E-state index contributed by atoms with van der Waals surface area (Å²) in [7, 11) is 0. The molecule has 0 heterocycles. The molecule has 0 saturated heterocycles. The van der Waals surface area contributed by atoms with E-state index in [4.69, 9.17) is 4.74 Å². The standard InChI is InChI=1S/C60H111NO5/c1-4-7-10-13-16-19-22-25-27-29-30-31-33-35-38-41-44-47-50-53-60(65)66-56(51-48-45-42-39-36-34-32-28-26-23-20-17-14-11-8-5-2)54-59(64)61-57(55-62)58(63)52-49-46-43-40-37-24-21-18-15-12-9-6-3/h23,25-28,32,34,36,56-58,62-63H,4-22,24,29-31,33,35,37-55H2,1-3H3,(H,61,64)/b26-23+,27-25+,32-28+,36-34+. The molecule has 3 N–H and O–H groups in total. The number of allylic oxidation sites excluding steroid dienone is 8. The summed E-state index contributed by atoms with van der Waals surface area (Å²) < 4.78 is 5.95. The molecule has 0 rings (SSSR count). The third-order valence-corrected chi connectivity index (χ3v) is 13.2. The maximum atomic E-state index is 13.2. The second-order valence-electron chi connectivity index (χ2n) is 19.7. The number of carbonyl (C=O) groups excluding carboxylic acids is 2. The summed E-state index contributed by atoms with van der Waals surface area (Å²) in [4.78, 5) is 26.3. The minimum absolute atomic E-state index is 0.0556. The molecular weight excluding hydrogens is 815 g/mol. The second-order valence-corrected chi connectivity index (χ2v) is 19.7. The minimum atomic E-state index is -0.797. The molecule has 3 atom stereocenters. The van der Waals surface area contributed by atoms with Crippen LogP contribution in [0.3, 0.4) is 0 Å². The summed E-state index contributed by atoms with van der Waals surface area (Å²) in [6.07, 6.45) is 66.0. The van der Waals surface area contributed by atoms with Gasteiger partial charge in [-0.1, -0.05) is 256 Å². The van der Waals surface area contributed by atoms with E-state index in [-0.39, 0.29) is 24.9 Å². The molecule has 0 fully saturated rings. The first kappa shape index (κ1) is 63.8. The number of hydrogen-bond acceptors (Lipinski definition) is 5. The summed E-state index contributed by atoms with van der Waals surface area (Å²) in [5, 5.41) is 23.8. The fourth-order valence-electron chi connectivity index (χ4n) is 8.78. The van der Waals surface area contributed by atoms with Crippen molar-refractivity contribution in [1.29, 1.82) is 0 Å². The molecule has 0 bridgehead atoms. The van der Waals surface area contributed by atoms with Crippen LogP contribution in [-0.4, -0.2) is 46.9 Å². The number of ether oxygens (including phenoxy) is 1. The molecule has 6 nitrogen and oxygen atoms in total. The van der Waals surface area contributed by atoms with Crippen LogP contribution in [0.1, 0.15) is 297 Å². The number of nitrogens with one attached hydrogen (secondary N) is 1. The monoisotopic (exact) mass is 926 g/mol. The fraction of sp³-hybridized carbons (Fsp3) is 0.833. The van der Waals surface area contributed by atoms with Gasteiger partial charge in [-0.25, -0.2) is 0 Å². The Morgan fingerprint density at radius 1 is 0.439 bits per heavy atom. The van der Waals surface area contributed by atoms with Gasteiger partial charge in [0.05, 0.1) is 25.2 Å². The highest BCUT2D eigenvalue weighted by atomic mass is 16.5. The van der Waals surface area contributed by atoms with E-state index in [9.17, 15) is 19.8 Å². The summed E-state index contributed by atoms with van der Waals surface area (Å²) in [5.74, 6) is -0.499. The van der Waals surface area contributed by atoms with Crippen molar-refractivity contribution in [3.63, 3.8) is 0 Å². The average molecular weight is 927 g/mol. The summed E-state index contributed by atoms with van der Waals surface area (Å²) >= 11 is 0. The van der Waals surface area contributed by atoms with Crippen molar-refractivity contribution in [2.45, 2.75) is 315 Å². The van der Waals surface area contributed by atoms with Crippen molar-refractivity contribution in [2.24, 2.45) is 0 Å². The number of amides is 1.